The highest BCUT2D eigenvalue weighted by molar-refractivity contribution is 14.0. The van der Waals surface area contributed by atoms with Gasteiger partial charge in [0.25, 0.3) is 0 Å². The Kier molecular flexibility index (Phi) is 12.4. The van der Waals surface area contributed by atoms with E-state index in [-0.39, 0.29) is 30.0 Å². The largest absolute Gasteiger partial charge is 0.493 e. The summed E-state index contributed by atoms with van der Waals surface area (Å²) in [5.74, 6) is 2.29. The SMILES string of the molecule is CCNC(=NCCc1ccc(OC)c(OC)c1)NC(C)COC.I. The fourth-order valence-electron chi connectivity index (χ4n) is 2.18. The van der Waals surface area contributed by atoms with E-state index in [1.807, 2.05) is 25.1 Å². The van der Waals surface area contributed by atoms with Gasteiger partial charge in [-0.2, -0.15) is 0 Å². The summed E-state index contributed by atoms with van der Waals surface area (Å²) < 4.78 is 15.7. The number of hydrogen-bond donors (Lipinski definition) is 2. The Bertz CT molecular complexity index is 498. The average Bonchev–Trinajstić information content (AvgIpc) is 2.55. The predicted molar refractivity (Wildman–Crippen MR) is 109 cm³/mol. The van der Waals surface area contributed by atoms with E-state index in [2.05, 4.69) is 22.5 Å². The molecule has 0 aliphatic rings. The number of benzene rings is 1. The van der Waals surface area contributed by atoms with Crippen molar-refractivity contribution in [2.75, 3.05) is 41.0 Å². The Hall–Kier alpha value is -1.22. The van der Waals surface area contributed by atoms with Gasteiger partial charge in [-0.3, -0.25) is 4.99 Å². The number of nitrogens with zero attached hydrogens (tertiary/aromatic N) is 1. The lowest BCUT2D eigenvalue weighted by Gasteiger charge is -2.17. The first-order chi connectivity index (χ1) is 11.1. The van der Waals surface area contributed by atoms with Crippen LogP contribution in [0.3, 0.4) is 0 Å². The molecular formula is C17H30IN3O3. The van der Waals surface area contributed by atoms with Gasteiger partial charge in [0, 0.05) is 26.2 Å². The van der Waals surface area contributed by atoms with Gasteiger partial charge >= 0.3 is 0 Å². The van der Waals surface area contributed by atoms with E-state index in [1.165, 1.54) is 0 Å². The van der Waals surface area contributed by atoms with Crippen molar-refractivity contribution in [1.82, 2.24) is 10.6 Å². The fourth-order valence-corrected chi connectivity index (χ4v) is 2.18. The molecule has 0 saturated heterocycles. The molecule has 0 aromatic heterocycles. The molecule has 1 unspecified atom stereocenters. The smallest absolute Gasteiger partial charge is 0.191 e. The van der Waals surface area contributed by atoms with Crippen molar-refractivity contribution in [2.45, 2.75) is 26.3 Å². The number of halogens is 1. The summed E-state index contributed by atoms with van der Waals surface area (Å²) in [5.41, 5.74) is 1.16. The fraction of sp³-hybridized carbons (Fsp3) is 0.588. The Balaban J connectivity index is 0.00000529. The maximum absolute atomic E-state index is 5.32. The van der Waals surface area contributed by atoms with Crippen molar-refractivity contribution in [3.05, 3.63) is 23.8 Å². The molecule has 0 saturated carbocycles. The van der Waals surface area contributed by atoms with Gasteiger partial charge < -0.3 is 24.8 Å². The summed E-state index contributed by atoms with van der Waals surface area (Å²) in [5, 5.41) is 6.55. The van der Waals surface area contributed by atoms with Gasteiger partial charge in [-0.05, 0) is 38.0 Å². The summed E-state index contributed by atoms with van der Waals surface area (Å²) >= 11 is 0. The molecule has 0 radical (unpaired) electrons. The van der Waals surface area contributed by atoms with Crippen LogP contribution in [0.2, 0.25) is 0 Å². The van der Waals surface area contributed by atoms with E-state index < -0.39 is 0 Å². The quantitative estimate of drug-likeness (QED) is 0.343. The van der Waals surface area contributed by atoms with E-state index in [1.54, 1.807) is 21.3 Å². The number of guanidine groups is 1. The van der Waals surface area contributed by atoms with E-state index >= 15 is 0 Å². The van der Waals surface area contributed by atoms with Crippen LogP contribution in [0, 0.1) is 0 Å². The van der Waals surface area contributed by atoms with Gasteiger partial charge in [0.2, 0.25) is 0 Å². The van der Waals surface area contributed by atoms with Crippen molar-refractivity contribution in [3.8, 4) is 11.5 Å². The van der Waals surface area contributed by atoms with Gasteiger partial charge in [0.05, 0.1) is 20.8 Å². The second-order valence-electron chi connectivity index (χ2n) is 5.20. The lowest BCUT2D eigenvalue weighted by atomic mass is 10.1. The number of hydrogen-bond acceptors (Lipinski definition) is 4. The molecule has 6 nitrogen and oxygen atoms in total. The number of ether oxygens (including phenoxy) is 3. The Morgan fingerprint density at radius 3 is 2.46 bits per heavy atom. The Morgan fingerprint density at radius 1 is 1.17 bits per heavy atom. The predicted octanol–water partition coefficient (Wildman–Crippen LogP) is 2.45. The van der Waals surface area contributed by atoms with E-state index in [0.717, 1.165) is 36.0 Å². The first-order valence-corrected chi connectivity index (χ1v) is 7.89. The average molecular weight is 451 g/mol. The van der Waals surface area contributed by atoms with E-state index in [9.17, 15) is 0 Å². The molecule has 138 valence electrons. The number of methoxy groups -OCH3 is 3. The molecule has 1 aromatic carbocycles. The summed E-state index contributed by atoms with van der Waals surface area (Å²) in [6.45, 7) is 6.25. The van der Waals surface area contributed by atoms with Gasteiger partial charge in [-0.15, -0.1) is 24.0 Å². The van der Waals surface area contributed by atoms with Crippen LogP contribution in [0.5, 0.6) is 11.5 Å². The van der Waals surface area contributed by atoms with Crippen LogP contribution in [-0.2, 0) is 11.2 Å². The van der Waals surface area contributed by atoms with Crippen molar-refractivity contribution in [3.63, 3.8) is 0 Å². The summed E-state index contributed by atoms with van der Waals surface area (Å²) in [6, 6.07) is 6.15. The normalized spacial score (nSPS) is 12.1. The van der Waals surface area contributed by atoms with Crippen LogP contribution < -0.4 is 20.1 Å². The molecule has 0 bridgehead atoms. The van der Waals surface area contributed by atoms with Gasteiger partial charge in [0.1, 0.15) is 0 Å². The highest BCUT2D eigenvalue weighted by Gasteiger charge is 2.06. The van der Waals surface area contributed by atoms with Crippen molar-refractivity contribution in [2.24, 2.45) is 4.99 Å². The van der Waals surface area contributed by atoms with Gasteiger partial charge in [-0.25, -0.2) is 0 Å². The molecule has 0 spiro atoms. The summed E-state index contributed by atoms with van der Waals surface area (Å²) in [7, 11) is 4.97. The zero-order chi connectivity index (χ0) is 17.1. The van der Waals surface area contributed by atoms with Crippen LogP contribution in [0.4, 0.5) is 0 Å². The summed E-state index contributed by atoms with van der Waals surface area (Å²) in [6.07, 6.45) is 0.829. The third kappa shape index (κ3) is 8.05. The first-order valence-electron chi connectivity index (χ1n) is 7.89. The minimum Gasteiger partial charge on any atom is -0.493 e. The molecule has 0 amide bonds. The maximum Gasteiger partial charge on any atom is 0.191 e. The van der Waals surface area contributed by atoms with Crippen LogP contribution in [0.1, 0.15) is 19.4 Å². The van der Waals surface area contributed by atoms with Crippen LogP contribution >= 0.6 is 24.0 Å². The van der Waals surface area contributed by atoms with E-state index in [0.29, 0.717) is 13.2 Å². The monoisotopic (exact) mass is 451 g/mol. The molecule has 1 aromatic rings. The first kappa shape index (κ1) is 22.8. The molecule has 0 aliphatic carbocycles. The third-order valence-corrected chi connectivity index (χ3v) is 3.26. The van der Waals surface area contributed by atoms with Crippen LogP contribution in [0.25, 0.3) is 0 Å². The Labute approximate surface area is 162 Å². The minimum absolute atomic E-state index is 0. The number of aliphatic imine (C=N–C) groups is 1. The molecule has 1 rings (SSSR count). The van der Waals surface area contributed by atoms with Crippen LogP contribution in [0.15, 0.2) is 23.2 Å². The molecule has 7 heteroatoms. The Morgan fingerprint density at radius 2 is 1.88 bits per heavy atom. The van der Waals surface area contributed by atoms with Crippen molar-refractivity contribution >= 4 is 29.9 Å². The van der Waals surface area contributed by atoms with E-state index in [4.69, 9.17) is 14.2 Å². The molecule has 0 fully saturated rings. The summed E-state index contributed by atoms with van der Waals surface area (Å²) in [4.78, 5) is 4.60. The lowest BCUT2D eigenvalue weighted by molar-refractivity contribution is 0.179. The molecule has 1 atom stereocenters. The van der Waals surface area contributed by atoms with Gasteiger partial charge in [-0.1, -0.05) is 6.07 Å². The number of nitrogens with one attached hydrogen (secondary N) is 2. The van der Waals surface area contributed by atoms with Gasteiger partial charge in [0.15, 0.2) is 17.5 Å². The zero-order valence-corrected chi connectivity index (χ0v) is 17.5. The topological polar surface area (TPSA) is 64.1 Å². The highest BCUT2D eigenvalue weighted by Crippen LogP contribution is 2.27. The second kappa shape index (κ2) is 13.1. The molecular weight excluding hydrogens is 421 g/mol. The second-order valence-corrected chi connectivity index (χ2v) is 5.20. The van der Waals surface area contributed by atoms with Crippen molar-refractivity contribution < 1.29 is 14.2 Å². The van der Waals surface area contributed by atoms with Crippen LogP contribution in [-0.4, -0.2) is 53.0 Å². The maximum atomic E-state index is 5.32. The third-order valence-electron chi connectivity index (χ3n) is 3.26. The highest BCUT2D eigenvalue weighted by atomic mass is 127. The molecule has 24 heavy (non-hydrogen) atoms. The lowest BCUT2D eigenvalue weighted by Crippen LogP contribution is -2.44. The molecule has 0 heterocycles. The molecule has 2 N–H and O–H groups in total. The van der Waals surface area contributed by atoms with Crippen molar-refractivity contribution in [1.29, 1.82) is 0 Å². The zero-order valence-electron chi connectivity index (χ0n) is 15.2. The minimum atomic E-state index is 0. The standard InChI is InChI=1S/C17H29N3O3.HI/c1-6-18-17(20-13(2)12-21-3)19-10-9-14-7-8-15(22-4)16(11-14)23-5;/h7-8,11,13H,6,9-10,12H2,1-5H3,(H2,18,19,20);1H. The molecule has 0 aliphatic heterocycles. The number of rotatable bonds is 9.